The molecule has 2 heterocycles. The van der Waals surface area contributed by atoms with E-state index >= 15 is 0 Å². The van der Waals surface area contributed by atoms with E-state index in [2.05, 4.69) is 10.6 Å². The van der Waals surface area contributed by atoms with Gasteiger partial charge in [-0.25, -0.2) is 4.98 Å². The highest BCUT2D eigenvalue weighted by atomic mass is 32.2. The van der Waals surface area contributed by atoms with Crippen LogP contribution in [-0.2, 0) is 11.2 Å². The van der Waals surface area contributed by atoms with Crippen LogP contribution in [0.5, 0.6) is 0 Å². The summed E-state index contributed by atoms with van der Waals surface area (Å²) in [5.74, 6) is -1.36. The number of carbonyl (C=O) groups is 1. The molecule has 3 atom stereocenters. The first-order valence-corrected chi connectivity index (χ1v) is 14.6. The Morgan fingerprint density at radius 3 is 2.61 bits per heavy atom. The number of hydrogen-bond acceptors (Lipinski definition) is 6. The van der Waals surface area contributed by atoms with E-state index in [4.69, 9.17) is 4.98 Å². The number of carbonyl (C=O) groups excluding carboxylic acids is 1. The van der Waals surface area contributed by atoms with Crippen LogP contribution < -0.4 is 16.2 Å². The smallest absolute Gasteiger partial charge is 0.316 e. The fourth-order valence-electron chi connectivity index (χ4n) is 5.71. The number of thioether (sulfide) groups is 1. The minimum Gasteiger partial charge on any atom is -0.316 e. The minimum atomic E-state index is -4.13. The van der Waals surface area contributed by atoms with Crippen LogP contribution in [0.2, 0.25) is 0 Å². The summed E-state index contributed by atoms with van der Waals surface area (Å²) in [6.45, 7) is 1.40. The quantitative estimate of drug-likeness (QED) is 0.340. The zero-order valence-corrected chi connectivity index (χ0v) is 22.3. The van der Waals surface area contributed by atoms with Gasteiger partial charge in [0.2, 0.25) is 0 Å². The van der Waals surface area contributed by atoms with E-state index in [0.29, 0.717) is 54.1 Å². The monoisotopic (exact) mass is 548 g/mol. The van der Waals surface area contributed by atoms with Crippen LogP contribution in [0.4, 0.5) is 13.2 Å². The third-order valence-electron chi connectivity index (χ3n) is 8.05. The number of nitrogens with one attached hydrogen (secondary N) is 2. The Labute approximate surface area is 225 Å². The fraction of sp³-hybridized carbons (Fsp3) is 0.607. The Morgan fingerprint density at radius 1 is 1.13 bits per heavy atom. The summed E-state index contributed by atoms with van der Waals surface area (Å²) < 4.78 is 41.0. The minimum absolute atomic E-state index is 0.0344. The van der Waals surface area contributed by atoms with Gasteiger partial charge in [-0.15, -0.1) is 0 Å². The van der Waals surface area contributed by atoms with Crippen molar-refractivity contribution in [2.75, 3.05) is 19.6 Å². The van der Waals surface area contributed by atoms with Gasteiger partial charge in [-0.3, -0.25) is 14.2 Å². The van der Waals surface area contributed by atoms with E-state index in [-0.39, 0.29) is 36.5 Å². The molecule has 2 N–H and O–H groups in total. The van der Waals surface area contributed by atoms with Crippen LogP contribution >= 0.6 is 11.8 Å². The fourth-order valence-corrected chi connectivity index (χ4v) is 7.03. The van der Waals surface area contributed by atoms with Gasteiger partial charge in [-0.05, 0) is 56.7 Å². The maximum atomic E-state index is 13.9. The van der Waals surface area contributed by atoms with Crippen molar-refractivity contribution >= 4 is 17.5 Å². The number of nitrogens with zero attached hydrogens (tertiary/aromatic N) is 2. The first-order chi connectivity index (χ1) is 18.3. The molecule has 5 rings (SSSR count). The standard InChI is InChI=1S/C28H35F3N4O2S/c29-28(30,31)19-7-4-6-18(16-19)17-32-14-13-23(36)25-24-22(12-15-33-25)34-27(38-21-10-5-11-21)35(26(24)37)20-8-2-1-3-9-20/h1-3,8-9,18-19,21,25,32-33H,4-7,10-17H2. The molecule has 0 radical (unpaired) electrons. The van der Waals surface area contributed by atoms with Crippen molar-refractivity contribution in [3.63, 3.8) is 0 Å². The highest BCUT2D eigenvalue weighted by Crippen LogP contribution is 2.40. The lowest BCUT2D eigenvalue weighted by Gasteiger charge is -2.31. The van der Waals surface area contributed by atoms with Crippen LogP contribution in [0.1, 0.15) is 68.7 Å². The molecular formula is C28H35F3N4O2S. The number of Topliss-reactive ketones (excluding diaryl/α,β-unsaturated/α-hetero) is 1. The Bertz CT molecular complexity index is 1180. The molecular weight excluding hydrogens is 513 g/mol. The highest BCUT2D eigenvalue weighted by Gasteiger charge is 2.42. The molecule has 2 saturated carbocycles. The van der Waals surface area contributed by atoms with Crippen LogP contribution in [0.15, 0.2) is 40.3 Å². The van der Waals surface area contributed by atoms with E-state index in [1.807, 2.05) is 30.3 Å². The molecule has 0 bridgehead atoms. The third kappa shape index (κ3) is 6.18. The van der Waals surface area contributed by atoms with Gasteiger partial charge in [0.1, 0.15) is 0 Å². The summed E-state index contributed by atoms with van der Waals surface area (Å²) in [5.41, 5.74) is 1.64. The van der Waals surface area contributed by atoms with Crippen molar-refractivity contribution in [1.82, 2.24) is 20.2 Å². The second-order valence-corrected chi connectivity index (χ2v) is 12.0. The van der Waals surface area contributed by atoms with Gasteiger partial charge in [0.15, 0.2) is 10.9 Å². The van der Waals surface area contributed by atoms with E-state index in [0.717, 1.165) is 24.9 Å². The normalized spacial score (nSPS) is 24.0. The van der Waals surface area contributed by atoms with E-state index in [1.165, 1.54) is 6.42 Å². The maximum absolute atomic E-state index is 13.9. The first-order valence-electron chi connectivity index (χ1n) is 13.7. The summed E-state index contributed by atoms with van der Waals surface area (Å²) in [7, 11) is 0. The molecule has 10 heteroatoms. The number of halogens is 3. The SMILES string of the molecule is O=C(CCNCC1CCCC(C(F)(F)F)C1)C1NCCc2nc(SC3CCC3)n(-c3ccccc3)c(=O)c21. The number of para-hydroxylation sites is 1. The van der Waals surface area contributed by atoms with Crippen LogP contribution in [0.25, 0.3) is 5.69 Å². The van der Waals surface area contributed by atoms with Gasteiger partial charge in [0, 0.05) is 31.2 Å². The number of rotatable bonds is 9. The van der Waals surface area contributed by atoms with Crippen molar-refractivity contribution in [2.24, 2.45) is 11.8 Å². The predicted octanol–water partition coefficient (Wildman–Crippen LogP) is 4.98. The van der Waals surface area contributed by atoms with Gasteiger partial charge < -0.3 is 10.6 Å². The maximum Gasteiger partial charge on any atom is 0.391 e. The summed E-state index contributed by atoms with van der Waals surface area (Å²) in [6, 6.07) is 8.69. The molecule has 6 nitrogen and oxygen atoms in total. The highest BCUT2D eigenvalue weighted by molar-refractivity contribution is 7.99. The summed E-state index contributed by atoms with van der Waals surface area (Å²) in [6.07, 6.45) is 1.77. The molecule has 2 aromatic rings. The Hall–Kier alpha value is -2.17. The number of fused-ring (bicyclic) bond motifs is 1. The van der Waals surface area contributed by atoms with Crippen molar-refractivity contribution in [3.05, 3.63) is 51.9 Å². The zero-order chi connectivity index (χ0) is 26.7. The number of benzene rings is 1. The van der Waals surface area contributed by atoms with Crippen molar-refractivity contribution < 1.29 is 18.0 Å². The third-order valence-corrected chi connectivity index (χ3v) is 9.34. The van der Waals surface area contributed by atoms with Crippen molar-refractivity contribution in [1.29, 1.82) is 0 Å². The molecule has 206 valence electrons. The number of hydrogen-bond donors (Lipinski definition) is 2. The molecule has 0 amide bonds. The molecule has 38 heavy (non-hydrogen) atoms. The predicted molar refractivity (Wildman–Crippen MR) is 142 cm³/mol. The van der Waals surface area contributed by atoms with E-state index in [1.54, 1.807) is 16.3 Å². The second kappa shape index (κ2) is 11.9. The van der Waals surface area contributed by atoms with Crippen LogP contribution in [0, 0.1) is 11.8 Å². The summed E-state index contributed by atoms with van der Waals surface area (Å²) in [4.78, 5) is 32.1. The average molecular weight is 549 g/mol. The lowest BCUT2D eigenvalue weighted by Crippen LogP contribution is -2.43. The van der Waals surface area contributed by atoms with E-state index in [9.17, 15) is 22.8 Å². The van der Waals surface area contributed by atoms with Gasteiger partial charge in [0.25, 0.3) is 5.56 Å². The second-order valence-electron chi connectivity index (χ2n) is 10.7. The average Bonchev–Trinajstić information content (AvgIpc) is 2.88. The number of aromatic nitrogens is 2. The van der Waals surface area contributed by atoms with Gasteiger partial charge in [-0.1, -0.05) is 42.8 Å². The molecule has 0 spiro atoms. The van der Waals surface area contributed by atoms with Gasteiger partial charge in [-0.2, -0.15) is 13.2 Å². The topological polar surface area (TPSA) is 76.0 Å². The molecule has 1 aromatic heterocycles. The van der Waals surface area contributed by atoms with E-state index < -0.39 is 18.1 Å². The Morgan fingerprint density at radius 2 is 1.89 bits per heavy atom. The van der Waals surface area contributed by atoms with Gasteiger partial charge >= 0.3 is 6.18 Å². The molecule has 0 saturated heterocycles. The number of alkyl halides is 3. The Kier molecular flexibility index (Phi) is 8.59. The molecule has 2 fully saturated rings. The number of ketones is 1. The zero-order valence-electron chi connectivity index (χ0n) is 21.4. The first kappa shape index (κ1) is 27.4. The largest absolute Gasteiger partial charge is 0.391 e. The summed E-state index contributed by atoms with van der Waals surface area (Å²) in [5, 5.41) is 7.56. The molecule has 3 unspecified atom stereocenters. The Balaban J connectivity index is 1.28. The van der Waals surface area contributed by atoms with Crippen LogP contribution in [-0.4, -0.2) is 46.4 Å². The van der Waals surface area contributed by atoms with Gasteiger partial charge in [0.05, 0.1) is 28.9 Å². The lowest BCUT2D eigenvalue weighted by molar-refractivity contribution is -0.185. The summed E-state index contributed by atoms with van der Waals surface area (Å²) >= 11 is 1.65. The van der Waals surface area contributed by atoms with Crippen molar-refractivity contribution in [2.45, 2.75) is 80.4 Å². The molecule has 1 aromatic carbocycles. The molecule has 2 aliphatic carbocycles. The lowest BCUT2D eigenvalue weighted by atomic mass is 9.81. The van der Waals surface area contributed by atoms with Crippen molar-refractivity contribution in [3.8, 4) is 5.69 Å². The molecule has 1 aliphatic heterocycles. The van der Waals surface area contributed by atoms with Crippen LogP contribution in [0.3, 0.4) is 0 Å². The molecule has 3 aliphatic rings.